The van der Waals surface area contributed by atoms with Crippen LogP contribution in [0.3, 0.4) is 0 Å². The van der Waals surface area contributed by atoms with Gasteiger partial charge in [0.2, 0.25) is 0 Å². The molecular weight excluding hydrogens is 340 g/mol. The van der Waals surface area contributed by atoms with Gasteiger partial charge in [-0.2, -0.15) is 0 Å². The summed E-state index contributed by atoms with van der Waals surface area (Å²) >= 11 is 0. The Morgan fingerprint density at radius 1 is 1.05 bits per heavy atom. The van der Waals surface area contributed by atoms with Crippen LogP contribution < -0.4 is 0 Å². The fourth-order valence-electron chi connectivity index (χ4n) is 1.40. The van der Waals surface area contributed by atoms with E-state index in [-0.39, 0.29) is 13.1 Å². The molecule has 0 bridgehead atoms. The van der Waals surface area contributed by atoms with E-state index in [1.165, 1.54) is 6.92 Å². The topological polar surface area (TPSA) is 176 Å². The van der Waals surface area contributed by atoms with Crippen LogP contribution in [0, 0.1) is 0 Å². The van der Waals surface area contributed by atoms with Crippen LogP contribution in [0.4, 0.5) is 0 Å². The van der Waals surface area contributed by atoms with E-state index in [2.05, 4.69) is 0 Å². The van der Waals surface area contributed by atoms with Gasteiger partial charge in [0.1, 0.15) is 5.54 Å². The van der Waals surface area contributed by atoms with Crippen molar-refractivity contribution in [1.82, 2.24) is 4.90 Å². The zero-order valence-electron chi connectivity index (χ0n) is 11.7. The van der Waals surface area contributed by atoms with Crippen LogP contribution >= 0.6 is 15.2 Å². The fraction of sp³-hybridized carbons (Fsp3) is 0.500. The Morgan fingerprint density at radius 3 is 1.64 bits per heavy atom. The van der Waals surface area contributed by atoms with Gasteiger partial charge >= 0.3 is 21.2 Å². The molecule has 0 fully saturated rings. The summed E-state index contributed by atoms with van der Waals surface area (Å²) < 4.78 is 21.4. The molecule has 0 saturated carbocycles. The third-order valence-corrected chi connectivity index (χ3v) is 3.92. The van der Waals surface area contributed by atoms with Crippen LogP contribution in [0.1, 0.15) is 6.92 Å². The average molecular weight is 359 g/mol. The second-order valence-corrected chi connectivity index (χ2v) is 7.54. The van der Waals surface area contributed by atoms with Crippen LogP contribution in [0.2, 0.25) is 0 Å². The molecule has 0 aliphatic rings. The van der Waals surface area contributed by atoms with Gasteiger partial charge in [0.05, 0.1) is 6.61 Å². The summed E-state index contributed by atoms with van der Waals surface area (Å²) in [5.41, 5.74) is -1.79. The number of carboxylic acids is 1. The first-order valence-electron chi connectivity index (χ1n) is 5.87. The standard InChI is InChI=1S/C10H19NO9P2/c1-10(8-12,9(13)14)11(4-2-6-21(15,16)17)5-3-7-22(18,19)20/h2-3,6-7,12H,4-5,8H2,1H3,(H,13,14)(H2,15,16,17)(H2,18,19,20)/t10-/m0/s1. The number of nitrogens with zero attached hydrogens (tertiary/aromatic N) is 1. The molecule has 128 valence electrons. The third kappa shape index (κ3) is 7.98. The molecule has 12 heteroatoms. The van der Waals surface area contributed by atoms with Crippen LogP contribution in [0.15, 0.2) is 23.8 Å². The Labute approximate surface area is 126 Å². The number of carbonyl (C=O) groups is 1. The van der Waals surface area contributed by atoms with E-state index < -0.39 is 33.3 Å². The van der Waals surface area contributed by atoms with Crippen molar-refractivity contribution in [2.24, 2.45) is 0 Å². The number of hydrogen-bond acceptors (Lipinski definition) is 5. The number of aliphatic hydroxyl groups excluding tert-OH is 1. The summed E-state index contributed by atoms with van der Waals surface area (Å²) in [5.74, 6) is -0.247. The molecule has 0 saturated heterocycles. The van der Waals surface area contributed by atoms with Gasteiger partial charge in [-0.15, -0.1) is 0 Å². The van der Waals surface area contributed by atoms with Gasteiger partial charge < -0.3 is 29.8 Å². The van der Waals surface area contributed by atoms with Gasteiger partial charge in [0, 0.05) is 24.7 Å². The lowest BCUT2D eigenvalue weighted by Crippen LogP contribution is -2.55. The summed E-state index contributed by atoms with van der Waals surface area (Å²) in [6, 6.07) is 0. The van der Waals surface area contributed by atoms with E-state index in [1.54, 1.807) is 0 Å². The van der Waals surface area contributed by atoms with Crippen LogP contribution in [0.25, 0.3) is 0 Å². The molecule has 6 N–H and O–H groups in total. The van der Waals surface area contributed by atoms with Crippen molar-refractivity contribution in [1.29, 1.82) is 0 Å². The highest BCUT2D eigenvalue weighted by Gasteiger charge is 2.38. The summed E-state index contributed by atoms with van der Waals surface area (Å²) in [5, 5.41) is 18.4. The van der Waals surface area contributed by atoms with Crippen LogP contribution in [-0.2, 0) is 13.9 Å². The highest BCUT2D eigenvalue weighted by atomic mass is 31.2. The number of aliphatic carboxylic acids is 1. The molecule has 0 heterocycles. The first-order chi connectivity index (χ1) is 9.82. The first kappa shape index (κ1) is 21.2. The molecule has 10 nitrogen and oxygen atoms in total. The summed E-state index contributed by atoms with van der Waals surface area (Å²) in [4.78, 5) is 47.2. The zero-order valence-corrected chi connectivity index (χ0v) is 13.5. The predicted octanol–water partition coefficient (Wildman–Crippen LogP) is -0.493. The first-order valence-corrected chi connectivity index (χ1v) is 9.23. The van der Waals surface area contributed by atoms with Crippen molar-refractivity contribution in [3.63, 3.8) is 0 Å². The molecule has 0 aromatic carbocycles. The fourth-order valence-corrected chi connectivity index (χ4v) is 2.14. The maximum atomic E-state index is 11.3. The maximum absolute atomic E-state index is 11.3. The minimum absolute atomic E-state index is 0.264. The molecule has 0 radical (unpaired) electrons. The van der Waals surface area contributed by atoms with Crippen molar-refractivity contribution in [2.75, 3.05) is 19.7 Å². The Hall–Kier alpha value is -0.830. The highest BCUT2D eigenvalue weighted by molar-refractivity contribution is 7.55. The molecule has 0 unspecified atom stereocenters. The van der Waals surface area contributed by atoms with Gasteiger partial charge in [0.25, 0.3) is 0 Å². The Balaban J connectivity index is 5.27. The molecular formula is C10H19NO9P2. The molecule has 0 aromatic rings. The van der Waals surface area contributed by atoms with Gasteiger partial charge in [0.15, 0.2) is 0 Å². The normalized spacial score (nSPS) is 16.5. The molecule has 0 spiro atoms. The lowest BCUT2D eigenvalue weighted by Gasteiger charge is -2.35. The SMILES string of the molecule is C[C@](CO)(C(=O)O)N(CC=CP(=O)(O)O)CC=CP(=O)(O)O. The third-order valence-electron chi connectivity index (χ3n) is 2.72. The second-order valence-electron chi connectivity index (χ2n) is 4.59. The largest absolute Gasteiger partial charge is 0.480 e. The predicted molar refractivity (Wildman–Crippen MR) is 77.1 cm³/mol. The van der Waals surface area contributed by atoms with E-state index in [1.807, 2.05) is 0 Å². The molecule has 1 atom stereocenters. The molecule has 22 heavy (non-hydrogen) atoms. The van der Waals surface area contributed by atoms with Gasteiger partial charge in [-0.25, -0.2) is 0 Å². The quantitative estimate of drug-likeness (QED) is 0.294. The molecule has 0 rings (SSSR count). The van der Waals surface area contributed by atoms with Crippen molar-refractivity contribution in [2.45, 2.75) is 12.5 Å². The van der Waals surface area contributed by atoms with Crippen molar-refractivity contribution < 1.29 is 43.7 Å². The van der Waals surface area contributed by atoms with E-state index in [9.17, 15) is 19.0 Å². The lowest BCUT2D eigenvalue weighted by molar-refractivity contribution is -0.152. The van der Waals surface area contributed by atoms with Crippen LogP contribution in [-0.4, -0.2) is 65.9 Å². The van der Waals surface area contributed by atoms with E-state index in [0.29, 0.717) is 11.6 Å². The number of carboxylic acid groups (broad SMARTS) is 1. The highest BCUT2D eigenvalue weighted by Crippen LogP contribution is 2.36. The van der Waals surface area contributed by atoms with E-state index >= 15 is 0 Å². The van der Waals surface area contributed by atoms with Crippen molar-refractivity contribution in [3.05, 3.63) is 23.8 Å². The summed E-state index contributed by atoms with van der Waals surface area (Å²) in [7, 11) is -8.84. The smallest absolute Gasteiger partial charge is 0.348 e. The lowest BCUT2D eigenvalue weighted by atomic mass is 10.0. The van der Waals surface area contributed by atoms with Crippen LogP contribution in [0.5, 0.6) is 0 Å². The number of aliphatic hydroxyl groups is 1. The average Bonchev–Trinajstić information content (AvgIpc) is 2.32. The minimum Gasteiger partial charge on any atom is -0.480 e. The molecule has 0 amide bonds. The zero-order chi connectivity index (χ0) is 17.6. The summed E-state index contributed by atoms with van der Waals surface area (Å²) in [6.07, 6.45) is 2.03. The number of hydrogen-bond donors (Lipinski definition) is 6. The maximum Gasteiger partial charge on any atom is 0.348 e. The second kappa shape index (κ2) is 8.14. The summed E-state index contributed by atoms with van der Waals surface area (Å²) in [6.45, 7) is -0.165. The van der Waals surface area contributed by atoms with Crippen molar-refractivity contribution >= 4 is 21.2 Å². The minimum atomic E-state index is -4.42. The Bertz CT molecular complexity index is 501. The van der Waals surface area contributed by atoms with Crippen molar-refractivity contribution in [3.8, 4) is 0 Å². The van der Waals surface area contributed by atoms with Gasteiger partial charge in [-0.1, -0.05) is 12.2 Å². The molecule has 0 aliphatic heterocycles. The van der Waals surface area contributed by atoms with E-state index in [0.717, 1.165) is 17.1 Å². The number of rotatable bonds is 9. The molecule has 0 aromatic heterocycles. The van der Waals surface area contributed by atoms with Gasteiger partial charge in [-0.05, 0) is 6.92 Å². The monoisotopic (exact) mass is 359 g/mol. The molecule has 0 aliphatic carbocycles. The van der Waals surface area contributed by atoms with E-state index in [4.69, 9.17) is 24.7 Å². The Kier molecular flexibility index (Phi) is 7.84. The van der Waals surface area contributed by atoms with Gasteiger partial charge in [-0.3, -0.25) is 18.8 Å². The Morgan fingerprint density at radius 2 is 1.41 bits per heavy atom.